The number of sulfonamides is 1. The average Bonchev–Trinajstić information content (AvgIpc) is 2.39. The summed E-state index contributed by atoms with van der Waals surface area (Å²) < 4.78 is 30.6. The van der Waals surface area contributed by atoms with Gasteiger partial charge in [0.1, 0.15) is 0 Å². The molecule has 1 saturated heterocycles. The molecule has 0 bridgehead atoms. The average molecular weight is 289 g/mol. The third-order valence-corrected chi connectivity index (χ3v) is 5.93. The first kappa shape index (κ1) is 15.3. The van der Waals surface area contributed by atoms with Crippen LogP contribution in [-0.4, -0.2) is 44.3 Å². The highest BCUT2D eigenvalue weighted by Gasteiger charge is 2.28. The van der Waals surface area contributed by atoms with E-state index in [9.17, 15) is 8.42 Å². The van der Waals surface area contributed by atoms with Crippen molar-refractivity contribution in [3.8, 4) is 0 Å². The molecule has 0 aromatic heterocycles. The van der Waals surface area contributed by atoms with Crippen molar-refractivity contribution in [3.63, 3.8) is 0 Å². The van der Waals surface area contributed by atoms with Crippen molar-refractivity contribution in [3.05, 3.63) is 0 Å². The summed E-state index contributed by atoms with van der Waals surface area (Å²) in [6.45, 7) is 3.51. The Hall–Kier alpha value is -0.130. The molecule has 112 valence electrons. The third-order valence-electron chi connectivity index (χ3n) is 4.63. The normalized spacial score (nSPS) is 31.5. The summed E-state index contributed by atoms with van der Waals surface area (Å²) in [6, 6.07) is 0. The molecular formula is C14H27NO3S. The Balaban J connectivity index is 1.72. The lowest BCUT2D eigenvalue weighted by molar-refractivity contribution is -0.0542. The van der Waals surface area contributed by atoms with Gasteiger partial charge in [-0.05, 0) is 44.4 Å². The Labute approximate surface area is 117 Å². The molecule has 5 heteroatoms. The zero-order chi connectivity index (χ0) is 13.9. The van der Waals surface area contributed by atoms with Gasteiger partial charge in [-0.15, -0.1) is 0 Å². The first-order valence-corrected chi connectivity index (χ1v) is 9.44. The third kappa shape index (κ3) is 4.43. The Kier molecular flexibility index (Phi) is 5.26. The van der Waals surface area contributed by atoms with Crippen LogP contribution in [0.4, 0.5) is 0 Å². The first-order chi connectivity index (χ1) is 8.99. The minimum absolute atomic E-state index is 0.265. The molecule has 2 fully saturated rings. The Bertz CT molecular complexity index is 366. The van der Waals surface area contributed by atoms with Gasteiger partial charge in [0, 0.05) is 13.1 Å². The smallest absolute Gasteiger partial charge is 0.211 e. The van der Waals surface area contributed by atoms with Gasteiger partial charge in [-0.2, -0.15) is 0 Å². The summed E-state index contributed by atoms with van der Waals surface area (Å²) in [5.74, 6) is 0.895. The van der Waals surface area contributed by atoms with E-state index in [4.69, 9.17) is 4.74 Å². The second kappa shape index (κ2) is 6.55. The van der Waals surface area contributed by atoms with E-state index in [1.165, 1.54) is 38.4 Å². The minimum Gasteiger partial charge on any atom is -0.375 e. The standard InChI is InChI=1S/C14H27NO3S/c1-3-12-4-6-13(7-5-12)18-14-8-10-15(11-9-14)19(2,16)17/h12-14H,3-11H2,1-2H3. The van der Waals surface area contributed by atoms with Gasteiger partial charge >= 0.3 is 0 Å². The lowest BCUT2D eigenvalue weighted by atomic mass is 9.85. The zero-order valence-corrected chi connectivity index (χ0v) is 13.0. The molecule has 0 N–H and O–H groups in total. The maximum atomic E-state index is 11.4. The molecule has 1 aliphatic heterocycles. The molecule has 2 aliphatic rings. The topological polar surface area (TPSA) is 46.6 Å². The van der Waals surface area contributed by atoms with Crippen LogP contribution in [0.5, 0.6) is 0 Å². The number of ether oxygens (including phenoxy) is 1. The molecule has 0 atom stereocenters. The van der Waals surface area contributed by atoms with E-state index in [0.717, 1.165) is 18.8 Å². The molecule has 0 aromatic rings. The van der Waals surface area contributed by atoms with Crippen molar-refractivity contribution >= 4 is 10.0 Å². The fourth-order valence-corrected chi connectivity index (χ4v) is 4.12. The predicted molar refractivity (Wildman–Crippen MR) is 76.6 cm³/mol. The molecule has 19 heavy (non-hydrogen) atoms. The highest BCUT2D eigenvalue weighted by Crippen LogP contribution is 2.30. The summed E-state index contributed by atoms with van der Waals surface area (Å²) in [5, 5.41) is 0. The van der Waals surface area contributed by atoms with Crippen LogP contribution in [0, 0.1) is 5.92 Å². The quantitative estimate of drug-likeness (QED) is 0.798. The lowest BCUT2D eigenvalue weighted by Gasteiger charge is -2.35. The SMILES string of the molecule is CCC1CCC(OC2CCN(S(C)(=O)=O)CC2)CC1. The van der Waals surface area contributed by atoms with Gasteiger partial charge in [-0.3, -0.25) is 0 Å². The van der Waals surface area contributed by atoms with Gasteiger partial charge in [0.05, 0.1) is 18.5 Å². The van der Waals surface area contributed by atoms with Crippen molar-refractivity contribution in [2.45, 2.75) is 64.1 Å². The fourth-order valence-electron chi connectivity index (χ4n) is 3.25. The fraction of sp³-hybridized carbons (Fsp3) is 1.00. The van der Waals surface area contributed by atoms with Crippen LogP contribution in [0.1, 0.15) is 51.9 Å². The molecular weight excluding hydrogens is 262 g/mol. The number of nitrogens with zero attached hydrogens (tertiary/aromatic N) is 1. The Morgan fingerprint density at radius 2 is 1.53 bits per heavy atom. The molecule has 4 nitrogen and oxygen atoms in total. The molecule has 0 amide bonds. The summed E-state index contributed by atoms with van der Waals surface area (Å²) in [6.07, 6.45) is 9.92. The van der Waals surface area contributed by atoms with E-state index in [1.807, 2.05) is 0 Å². The van der Waals surface area contributed by atoms with Crippen molar-refractivity contribution < 1.29 is 13.2 Å². The highest BCUT2D eigenvalue weighted by atomic mass is 32.2. The second-order valence-electron chi connectivity index (χ2n) is 6.05. The van der Waals surface area contributed by atoms with E-state index < -0.39 is 10.0 Å². The van der Waals surface area contributed by atoms with Crippen LogP contribution in [0.25, 0.3) is 0 Å². The molecule has 0 spiro atoms. The number of rotatable bonds is 4. The van der Waals surface area contributed by atoms with Crippen molar-refractivity contribution in [2.24, 2.45) is 5.92 Å². The van der Waals surface area contributed by atoms with Gasteiger partial charge in [0.15, 0.2) is 0 Å². The van der Waals surface area contributed by atoms with Gasteiger partial charge in [-0.1, -0.05) is 13.3 Å². The van der Waals surface area contributed by atoms with Gasteiger partial charge < -0.3 is 4.74 Å². The van der Waals surface area contributed by atoms with E-state index in [-0.39, 0.29) is 6.10 Å². The summed E-state index contributed by atoms with van der Waals surface area (Å²) in [7, 11) is -3.02. The van der Waals surface area contributed by atoms with Crippen molar-refractivity contribution in [1.29, 1.82) is 0 Å². The van der Waals surface area contributed by atoms with Crippen LogP contribution in [-0.2, 0) is 14.8 Å². The van der Waals surface area contributed by atoms with E-state index >= 15 is 0 Å². The summed E-state index contributed by atoms with van der Waals surface area (Å²) in [4.78, 5) is 0. The molecule has 1 heterocycles. The lowest BCUT2D eigenvalue weighted by Crippen LogP contribution is -2.41. The maximum absolute atomic E-state index is 11.4. The van der Waals surface area contributed by atoms with Gasteiger partial charge in [0.2, 0.25) is 10.0 Å². The van der Waals surface area contributed by atoms with E-state index in [0.29, 0.717) is 19.2 Å². The van der Waals surface area contributed by atoms with Crippen LogP contribution in [0.15, 0.2) is 0 Å². The molecule has 2 rings (SSSR count). The number of piperidine rings is 1. The Morgan fingerprint density at radius 1 is 1.00 bits per heavy atom. The zero-order valence-electron chi connectivity index (χ0n) is 12.2. The highest BCUT2D eigenvalue weighted by molar-refractivity contribution is 7.88. The van der Waals surface area contributed by atoms with Crippen LogP contribution < -0.4 is 0 Å². The molecule has 1 aliphatic carbocycles. The minimum atomic E-state index is -3.02. The Morgan fingerprint density at radius 3 is 2.00 bits per heavy atom. The maximum Gasteiger partial charge on any atom is 0.211 e. The van der Waals surface area contributed by atoms with Crippen LogP contribution in [0.3, 0.4) is 0 Å². The van der Waals surface area contributed by atoms with Crippen molar-refractivity contribution in [1.82, 2.24) is 4.31 Å². The predicted octanol–water partition coefficient (Wildman–Crippen LogP) is 2.40. The van der Waals surface area contributed by atoms with Crippen LogP contribution >= 0.6 is 0 Å². The largest absolute Gasteiger partial charge is 0.375 e. The molecule has 0 aromatic carbocycles. The monoisotopic (exact) mass is 289 g/mol. The summed E-state index contributed by atoms with van der Waals surface area (Å²) in [5.41, 5.74) is 0. The van der Waals surface area contributed by atoms with Gasteiger partial charge in [-0.25, -0.2) is 12.7 Å². The molecule has 0 unspecified atom stereocenters. The first-order valence-electron chi connectivity index (χ1n) is 7.59. The molecule has 1 saturated carbocycles. The van der Waals surface area contributed by atoms with Crippen molar-refractivity contribution in [2.75, 3.05) is 19.3 Å². The number of hydrogen-bond acceptors (Lipinski definition) is 3. The van der Waals surface area contributed by atoms with E-state index in [2.05, 4.69) is 6.92 Å². The van der Waals surface area contributed by atoms with E-state index in [1.54, 1.807) is 4.31 Å². The summed E-state index contributed by atoms with van der Waals surface area (Å²) >= 11 is 0. The van der Waals surface area contributed by atoms with Gasteiger partial charge in [0.25, 0.3) is 0 Å². The second-order valence-corrected chi connectivity index (χ2v) is 8.03. The molecule has 0 radical (unpaired) electrons. The van der Waals surface area contributed by atoms with Crippen LogP contribution in [0.2, 0.25) is 0 Å². The number of hydrogen-bond donors (Lipinski definition) is 0.